The summed E-state index contributed by atoms with van der Waals surface area (Å²) in [5.41, 5.74) is 2.65. The Morgan fingerprint density at radius 1 is 1.16 bits per heavy atom. The van der Waals surface area contributed by atoms with Gasteiger partial charge in [-0.3, -0.25) is 4.79 Å². The van der Waals surface area contributed by atoms with E-state index in [0.717, 1.165) is 24.8 Å². The highest BCUT2D eigenvalue weighted by Gasteiger charge is 2.30. The standard InChI is InChI=1S/C21H25NO3/c1-15(23)18-11-12-22(14-18)21(25)19-13-17(9-10-20(19)24)8-7-16-5-3-2-4-6-16/h2-6,9-10,13,15,18,23-24H,7-8,11-12,14H2,1H3. The Balaban J connectivity index is 1.70. The Morgan fingerprint density at radius 3 is 2.56 bits per heavy atom. The van der Waals surface area contributed by atoms with E-state index in [-0.39, 0.29) is 17.6 Å². The quantitative estimate of drug-likeness (QED) is 0.880. The van der Waals surface area contributed by atoms with Crippen LogP contribution in [0.5, 0.6) is 5.75 Å². The molecule has 0 aromatic heterocycles. The lowest BCUT2D eigenvalue weighted by Gasteiger charge is -2.19. The first-order valence-corrected chi connectivity index (χ1v) is 8.87. The molecule has 2 aromatic rings. The van der Waals surface area contributed by atoms with Gasteiger partial charge in [0.1, 0.15) is 5.75 Å². The van der Waals surface area contributed by atoms with Crippen molar-refractivity contribution in [3.05, 3.63) is 65.2 Å². The molecular weight excluding hydrogens is 314 g/mol. The van der Waals surface area contributed by atoms with E-state index in [1.165, 1.54) is 5.56 Å². The number of likely N-dealkylation sites (tertiary alicyclic amines) is 1. The Labute approximate surface area is 148 Å². The fourth-order valence-corrected chi connectivity index (χ4v) is 3.38. The van der Waals surface area contributed by atoms with Gasteiger partial charge >= 0.3 is 0 Å². The number of aliphatic hydroxyl groups excluding tert-OH is 1. The molecule has 1 aliphatic rings. The highest BCUT2D eigenvalue weighted by molar-refractivity contribution is 5.97. The van der Waals surface area contributed by atoms with Crippen molar-refractivity contribution in [1.82, 2.24) is 4.90 Å². The summed E-state index contributed by atoms with van der Waals surface area (Å²) in [6, 6.07) is 15.5. The number of rotatable bonds is 5. The summed E-state index contributed by atoms with van der Waals surface area (Å²) >= 11 is 0. The first kappa shape index (κ1) is 17.5. The number of carbonyl (C=O) groups is 1. The van der Waals surface area contributed by atoms with Crippen LogP contribution in [-0.2, 0) is 12.8 Å². The van der Waals surface area contributed by atoms with Gasteiger partial charge in [0.25, 0.3) is 5.91 Å². The molecule has 3 rings (SSSR count). The summed E-state index contributed by atoms with van der Waals surface area (Å²) in [6.07, 6.45) is 2.11. The molecule has 2 atom stereocenters. The van der Waals surface area contributed by atoms with Crippen LogP contribution in [0.15, 0.2) is 48.5 Å². The number of nitrogens with zero attached hydrogens (tertiary/aromatic N) is 1. The molecule has 2 aromatic carbocycles. The van der Waals surface area contributed by atoms with Crippen molar-refractivity contribution >= 4 is 5.91 Å². The van der Waals surface area contributed by atoms with Crippen LogP contribution in [0, 0.1) is 5.92 Å². The number of hydrogen-bond acceptors (Lipinski definition) is 3. The van der Waals surface area contributed by atoms with Crippen molar-refractivity contribution in [2.45, 2.75) is 32.3 Å². The zero-order chi connectivity index (χ0) is 17.8. The number of hydrogen-bond donors (Lipinski definition) is 2. The molecule has 0 spiro atoms. The number of phenolic OH excluding ortho intramolecular Hbond substituents is 1. The molecule has 2 N–H and O–H groups in total. The third-order valence-electron chi connectivity index (χ3n) is 5.03. The highest BCUT2D eigenvalue weighted by atomic mass is 16.3. The van der Waals surface area contributed by atoms with Crippen LogP contribution < -0.4 is 0 Å². The van der Waals surface area contributed by atoms with E-state index in [9.17, 15) is 15.0 Å². The van der Waals surface area contributed by atoms with E-state index in [4.69, 9.17) is 0 Å². The smallest absolute Gasteiger partial charge is 0.257 e. The molecule has 4 heteroatoms. The number of aryl methyl sites for hydroxylation is 2. The zero-order valence-electron chi connectivity index (χ0n) is 14.6. The van der Waals surface area contributed by atoms with Crippen LogP contribution in [0.25, 0.3) is 0 Å². The molecule has 1 saturated heterocycles. The first-order valence-electron chi connectivity index (χ1n) is 8.87. The van der Waals surface area contributed by atoms with Gasteiger partial charge < -0.3 is 15.1 Å². The molecule has 0 radical (unpaired) electrons. The van der Waals surface area contributed by atoms with E-state index in [2.05, 4.69) is 12.1 Å². The molecule has 1 amide bonds. The first-order chi connectivity index (χ1) is 12.0. The maximum absolute atomic E-state index is 12.7. The molecule has 2 unspecified atom stereocenters. The van der Waals surface area contributed by atoms with Crippen molar-refractivity contribution in [3.63, 3.8) is 0 Å². The Bertz CT molecular complexity index is 727. The lowest BCUT2D eigenvalue weighted by Crippen LogP contribution is -2.30. The number of aromatic hydroxyl groups is 1. The minimum atomic E-state index is -0.413. The van der Waals surface area contributed by atoms with Crippen molar-refractivity contribution in [2.24, 2.45) is 5.92 Å². The van der Waals surface area contributed by atoms with Gasteiger partial charge in [-0.15, -0.1) is 0 Å². The second-order valence-electron chi connectivity index (χ2n) is 6.88. The van der Waals surface area contributed by atoms with Crippen LogP contribution in [0.2, 0.25) is 0 Å². The van der Waals surface area contributed by atoms with Gasteiger partial charge in [0, 0.05) is 19.0 Å². The topological polar surface area (TPSA) is 60.8 Å². The Morgan fingerprint density at radius 2 is 1.88 bits per heavy atom. The number of benzene rings is 2. The number of phenols is 1. The molecule has 4 nitrogen and oxygen atoms in total. The number of carbonyl (C=O) groups excluding carboxylic acids is 1. The van der Waals surface area contributed by atoms with Gasteiger partial charge in [-0.2, -0.15) is 0 Å². The SMILES string of the molecule is CC(O)C1CCN(C(=O)c2cc(CCc3ccccc3)ccc2O)C1. The zero-order valence-corrected chi connectivity index (χ0v) is 14.6. The third kappa shape index (κ3) is 4.20. The molecular formula is C21H25NO3. The molecule has 1 fully saturated rings. The largest absolute Gasteiger partial charge is 0.507 e. The number of aliphatic hydroxyl groups is 1. The molecule has 1 heterocycles. The van der Waals surface area contributed by atoms with Crippen LogP contribution in [0.1, 0.15) is 34.8 Å². The van der Waals surface area contributed by atoms with Gasteiger partial charge in [0.2, 0.25) is 0 Å². The van der Waals surface area contributed by atoms with Gasteiger partial charge in [-0.05, 0) is 49.4 Å². The van der Waals surface area contributed by atoms with Gasteiger partial charge in [0.05, 0.1) is 11.7 Å². The van der Waals surface area contributed by atoms with Gasteiger partial charge in [-0.1, -0.05) is 36.4 Å². The van der Waals surface area contributed by atoms with E-state index in [0.29, 0.717) is 18.7 Å². The minimum Gasteiger partial charge on any atom is -0.507 e. The lowest BCUT2D eigenvalue weighted by atomic mass is 10.0. The summed E-state index contributed by atoms with van der Waals surface area (Å²) < 4.78 is 0. The predicted molar refractivity (Wildman–Crippen MR) is 97.6 cm³/mol. The lowest BCUT2D eigenvalue weighted by molar-refractivity contribution is 0.0759. The summed E-state index contributed by atoms with van der Waals surface area (Å²) in [7, 11) is 0. The molecule has 132 valence electrons. The fourth-order valence-electron chi connectivity index (χ4n) is 3.38. The molecule has 0 bridgehead atoms. The van der Waals surface area contributed by atoms with Crippen LogP contribution in [0.3, 0.4) is 0 Å². The number of amides is 1. The molecule has 1 aliphatic heterocycles. The van der Waals surface area contributed by atoms with E-state index < -0.39 is 6.10 Å². The van der Waals surface area contributed by atoms with Crippen molar-refractivity contribution in [3.8, 4) is 5.75 Å². The average Bonchev–Trinajstić information content (AvgIpc) is 3.12. The minimum absolute atomic E-state index is 0.0222. The highest BCUT2D eigenvalue weighted by Crippen LogP contribution is 2.26. The summed E-state index contributed by atoms with van der Waals surface area (Å²) in [4.78, 5) is 14.5. The fraction of sp³-hybridized carbons (Fsp3) is 0.381. The Hall–Kier alpha value is -2.33. The second-order valence-corrected chi connectivity index (χ2v) is 6.88. The molecule has 0 saturated carbocycles. The summed E-state index contributed by atoms with van der Waals surface area (Å²) in [6.45, 7) is 2.94. The van der Waals surface area contributed by atoms with E-state index >= 15 is 0 Å². The summed E-state index contributed by atoms with van der Waals surface area (Å²) in [5, 5.41) is 19.8. The van der Waals surface area contributed by atoms with Crippen molar-refractivity contribution < 1.29 is 15.0 Å². The van der Waals surface area contributed by atoms with Crippen LogP contribution in [-0.4, -0.2) is 40.2 Å². The van der Waals surface area contributed by atoms with E-state index in [1.54, 1.807) is 24.0 Å². The molecule has 25 heavy (non-hydrogen) atoms. The van der Waals surface area contributed by atoms with E-state index in [1.807, 2.05) is 24.3 Å². The van der Waals surface area contributed by atoms with Gasteiger partial charge in [-0.25, -0.2) is 0 Å². The third-order valence-corrected chi connectivity index (χ3v) is 5.03. The monoisotopic (exact) mass is 339 g/mol. The maximum atomic E-state index is 12.7. The second kappa shape index (κ2) is 7.70. The normalized spacial score (nSPS) is 18.3. The van der Waals surface area contributed by atoms with Crippen molar-refractivity contribution in [2.75, 3.05) is 13.1 Å². The van der Waals surface area contributed by atoms with Crippen LogP contribution in [0.4, 0.5) is 0 Å². The Kier molecular flexibility index (Phi) is 5.39. The average molecular weight is 339 g/mol. The van der Waals surface area contributed by atoms with Gasteiger partial charge in [0.15, 0.2) is 0 Å². The molecule has 0 aliphatic carbocycles. The summed E-state index contributed by atoms with van der Waals surface area (Å²) in [5.74, 6) is -0.0106. The predicted octanol–water partition coefficient (Wildman–Crippen LogP) is 3.02. The maximum Gasteiger partial charge on any atom is 0.257 e. The van der Waals surface area contributed by atoms with Crippen molar-refractivity contribution in [1.29, 1.82) is 0 Å². The van der Waals surface area contributed by atoms with Crippen LogP contribution >= 0.6 is 0 Å².